The van der Waals surface area contributed by atoms with Crippen LogP contribution in [-0.2, 0) is 4.79 Å². The topological polar surface area (TPSA) is 126 Å². The maximum Gasteiger partial charge on any atom is 0.491 e. The number of carbonyl (C=O) groups excluding carboxylic acids is 1. The molecule has 0 amide bonds. The van der Waals surface area contributed by atoms with Crippen LogP contribution >= 0.6 is 27.3 Å². The van der Waals surface area contributed by atoms with Crippen LogP contribution in [0.1, 0.15) is 18.9 Å². The number of nitrogens with zero attached hydrogens (tertiary/aromatic N) is 7. The smallest absolute Gasteiger partial charge is 0.400 e. The number of H-pyrrole nitrogens is 1. The van der Waals surface area contributed by atoms with Gasteiger partial charge in [-0.2, -0.15) is 23.5 Å². The first kappa shape index (κ1) is 24.2. The minimum atomic E-state index is -5.23. The number of hydrogen-bond acceptors (Lipinski definition) is 9. The Hall–Kier alpha value is -3.51. The van der Waals surface area contributed by atoms with Gasteiger partial charge in [0.25, 0.3) is 0 Å². The average Bonchev–Trinajstić information content (AvgIpc) is 3.63. The van der Waals surface area contributed by atoms with Crippen LogP contribution in [0, 0.1) is 17.2 Å². The van der Waals surface area contributed by atoms with E-state index in [1.54, 1.807) is 12.3 Å². The van der Waals surface area contributed by atoms with E-state index in [9.17, 15) is 23.2 Å². The third-order valence-electron chi connectivity index (χ3n) is 5.90. The molecule has 0 aromatic carbocycles. The number of fused-ring (bicyclic) bond motifs is 1. The Morgan fingerprint density at radius 1 is 1.42 bits per heavy atom. The van der Waals surface area contributed by atoms with Crippen molar-refractivity contribution in [3.8, 4) is 23.2 Å². The number of alkyl halides is 3. The molecule has 5 rings (SSSR count). The number of carbonyl (C=O) groups is 1. The molecule has 0 spiro atoms. The minimum Gasteiger partial charge on any atom is -0.400 e. The number of hydrogen-bond donors (Lipinski definition) is 1. The summed E-state index contributed by atoms with van der Waals surface area (Å²) in [6.07, 6.45) is -0.495. The molecule has 36 heavy (non-hydrogen) atoms. The summed E-state index contributed by atoms with van der Waals surface area (Å²) in [4.78, 5) is 29.6. The SMILES string of the molecule is N#CCC(C1CCN(c2nc(Br)cs2)C1)n1ncc(-c2ncnc3[nH]ccc23)c1OC(=O)C(F)(F)F. The quantitative estimate of drug-likeness (QED) is 0.331. The standard InChI is InChI=1S/C21H16BrF3N8O2S/c22-15-9-36-20(31-15)32-6-3-11(8-32)14(1-4-26)33-18(35-19(34)21(23,24)25)13(7-30-33)16-12-2-5-27-17(12)29-10-28-16/h2,5,7,9-11,14H,1,3,6,8H2,(H,27,28,29). The predicted molar refractivity (Wildman–Crippen MR) is 126 cm³/mol. The second-order valence-corrected chi connectivity index (χ2v) is 9.68. The van der Waals surface area contributed by atoms with Crippen molar-refractivity contribution in [2.24, 2.45) is 5.92 Å². The van der Waals surface area contributed by atoms with Gasteiger partial charge in [0, 0.05) is 36.0 Å². The van der Waals surface area contributed by atoms with Crippen LogP contribution in [0.5, 0.6) is 5.88 Å². The molecular formula is C21H16BrF3N8O2S. The van der Waals surface area contributed by atoms with Crippen LogP contribution in [0.2, 0.25) is 0 Å². The second kappa shape index (κ2) is 9.51. The lowest BCUT2D eigenvalue weighted by atomic mass is 9.96. The Morgan fingerprint density at radius 3 is 2.97 bits per heavy atom. The molecule has 1 aliphatic rings. The number of esters is 1. The monoisotopic (exact) mass is 580 g/mol. The summed E-state index contributed by atoms with van der Waals surface area (Å²) in [6.45, 7) is 1.15. The summed E-state index contributed by atoms with van der Waals surface area (Å²) in [5.41, 5.74) is 0.783. The van der Waals surface area contributed by atoms with Crippen molar-refractivity contribution in [2.75, 3.05) is 18.0 Å². The van der Waals surface area contributed by atoms with Crippen molar-refractivity contribution in [2.45, 2.75) is 25.1 Å². The zero-order valence-electron chi connectivity index (χ0n) is 18.2. The molecule has 5 heterocycles. The molecule has 2 unspecified atom stereocenters. The first-order valence-electron chi connectivity index (χ1n) is 10.6. The van der Waals surface area contributed by atoms with E-state index in [-0.39, 0.29) is 23.6 Å². The fourth-order valence-corrected chi connectivity index (χ4v) is 5.58. The van der Waals surface area contributed by atoms with Crippen LogP contribution in [0.15, 0.2) is 34.8 Å². The van der Waals surface area contributed by atoms with E-state index in [2.05, 4.69) is 47.0 Å². The van der Waals surface area contributed by atoms with Crippen molar-refractivity contribution in [1.82, 2.24) is 29.7 Å². The van der Waals surface area contributed by atoms with Gasteiger partial charge in [0.2, 0.25) is 5.88 Å². The molecular weight excluding hydrogens is 565 g/mol. The van der Waals surface area contributed by atoms with E-state index in [1.807, 2.05) is 10.3 Å². The van der Waals surface area contributed by atoms with Crippen molar-refractivity contribution in [3.63, 3.8) is 0 Å². The van der Waals surface area contributed by atoms with Crippen LogP contribution in [0.4, 0.5) is 18.3 Å². The molecule has 1 N–H and O–H groups in total. The molecule has 4 aromatic heterocycles. The van der Waals surface area contributed by atoms with Crippen LogP contribution in [0.3, 0.4) is 0 Å². The first-order valence-corrected chi connectivity index (χ1v) is 12.3. The lowest BCUT2D eigenvalue weighted by molar-refractivity contribution is -0.190. The van der Waals surface area contributed by atoms with Crippen LogP contribution in [0.25, 0.3) is 22.3 Å². The zero-order valence-corrected chi connectivity index (χ0v) is 20.6. The molecule has 10 nitrogen and oxygen atoms in total. The maximum atomic E-state index is 13.2. The lowest BCUT2D eigenvalue weighted by Gasteiger charge is -2.24. The van der Waals surface area contributed by atoms with E-state index >= 15 is 0 Å². The number of aromatic nitrogens is 6. The summed E-state index contributed by atoms with van der Waals surface area (Å²) in [6, 6.07) is 3.10. The van der Waals surface area contributed by atoms with E-state index in [0.717, 1.165) is 5.13 Å². The molecule has 0 radical (unpaired) electrons. The normalized spacial score (nSPS) is 16.9. The number of rotatable bonds is 6. The highest BCUT2D eigenvalue weighted by Gasteiger charge is 2.43. The first-order chi connectivity index (χ1) is 17.3. The number of aromatic amines is 1. The van der Waals surface area contributed by atoms with Gasteiger partial charge in [0.15, 0.2) is 5.13 Å². The number of anilines is 1. The Morgan fingerprint density at radius 2 is 2.25 bits per heavy atom. The highest BCUT2D eigenvalue weighted by atomic mass is 79.9. The van der Waals surface area contributed by atoms with Gasteiger partial charge in [0.1, 0.15) is 16.6 Å². The number of ether oxygens (including phenoxy) is 1. The van der Waals surface area contributed by atoms with E-state index < -0.39 is 24.1 Å². The predicted octanol–water partition coefficient (Wildman–Crippen LogP) is 4.49. The molecule has 2 atom stereocenters. The molecule has 0 aliphatic carbocycles. The summed E-state index contributed by atoms with van der Waals surface area (Å²) in [7, 11) is 0. The molecule has 1 aliphatic heterocycles. The molecule has 1 saturated heterocycles. The lowest BCUT2D eigenvalue weighted by Crippen LogP contribution is -2.31. The number of nitrogens with one attached hydrogen (secondary N) is 1. The van der Waals surface area contributed by atoms with Gasteiger partial charge in [-0.05, 0) is 28.4 Å². The Labute approximate surface area is 213 Å². The third kappa shape index (κ3) is 4.53. The Kier molecular flexibility index (Phi) is 6.39. The van der Waals surface area contributed by atoms with Gasteiger partial charge in [-0.15, -0.1) is 11.3 Å². The fourth-order valence-electron chi connectivity index (χ4n) is 4.30. The van der Waals surface area contributed by atoms with Gasteiger partial charge in [-0.1, -0.05) is 0 Å². The van der Waals surface area contributed by atoms with Crippen molar-refractivity contribution < 1.29 is 22.7 Å². The van der Waals surface area contributed by atoms with Crippen molar-refractivity contribution in [1.29, 1.82) is 5.26 Å². The van der Waals surface area contributed by atoms with Crippen LogP contribution in [-0.4, -0.2) is 55.0 Å². The van der Waals surface area contributed by atoms with E-state index in [0.29, 0.717) is 35.1 Å². The summed E-state index contributed by atoms with van der Waals surface area (Å²) in [5.74, 6) is -2.98. The maximum absolute atomic E-state index is 13.2. The van der Waals surface area contributed by atoms with E-state index in [1.165, 1.54) is 28.5 Å². The summed E-state index contributed by atoms with van der Waals surface area (Å²) < 4.78 is 46.4. The molecule has 4 aromatic rings. The Bertz CT molecular complexity index is 1460. The van der Waals surface area contributed by atoms with Crippen molar-refractivity contribution in [3.05, 3.63) is 34.8 Å². The van der Waals surface area contributed by atoms with Gasteiger partial charge in [-0.3, -0.25) is 0 Å². The highest BCUT2D eigenvalue weighted by molar-refractivity contribution is 9.10. The van der Waals surface area contributed by atoms with Gasteiger partial charge >= 0.3 is 12.1 Å². The van der Waals surface area contributed by atoms with Gasteiger partial charge in [-0.25, -0.2) is 24.4 Å². The molecule has 0 saturated carbocycles. The fraction of sp³-hybridized carbons (Fsp3) is 0.333. The molecule has 186 valence electrons. The van der Waals surface area contributed by atoms with Crippen molar-refractivity contribution >= 4 is 49.4 Å². The second-order valence-electron chi connectivity index (χ2n) is 8.03. The largest absolute Gasteiger partial charge is 0.491 e. The van der Waals surface area contributed by atoms with Crippen LogP contribution < -0.4 is 9.64 Å². The average molecular weight is 581 g/mol. The Balaban J connectivity index is 1.56. The number of nitriles is 1. The zero-order chi connectivity index (χ0) is 25.4. The summed E-state index contributed by atoms with van der Waals surface area (Å²) in [5, 5.41) is 17.0. The minimum absolute atomic E-state index is 0.0545. The third-order valence-corrected chi connectivity index (χ3v) is 7.51. The molecule has 15 heteroatoms. The van der Waals surface area contributed by atoms with Gasteiger partial charge < -0.3 is 14.6 Å². The highest BCUT2D eigenvalue weighted by Crippen LogP contribution is 2.40. The number of thiazole rings is 1. The van der Waals surface area contributed by atoms with E-state index in [4.69, 9.17) is 4.74 Å². The van der Waals surface area contributed by atoms with Gasteiger partial charge in [0.05, 0.1) is 36.0 Å². The number of halogens is 4. The molecule has 0 bridgehead atoms. The summed E-state index contributed by atoms with van der Waals surface area (Å²) >= 11 is 4.79. The molecule has 1 fully saturated rings.